The van der Waals surface area contributed by atoms with Crippen molar-refractivity contribution in [3.05, 3.63) is 72.2 Å². The first-order valence-corrected chi connectivity index (χ1v) is 12.6. The average Bonchev–Trinajstić information content (AvgIpc) is 3.63. The van der Waals surface area contributed by atoms with Crippen molar-refractivity contribution in [2.75, 3.05) is 45.8 Å². The van der Waals surface area contributed by atoms with Gasteiger partial charge in [0.05, 0.1) is 6.26 Å². The highest BCUT2D eigenvalue weighted by Gasteiger charge is 2.31. The Morgan fingerprint density at radius 3 is 2.55 bits per heavy atom. The maximum absolute atomic E-state index is 5.51. The first kappa shape index (κ1) is 22.2. The van der Waals surface area contributed by atoms with Gasteiger partial charge in [0.15, 0.2) is 5.96 Å². The van der Waals surface area contributed by atoms with Gasteiger partial charge < -0.3 is 14.6 Å². The summed E-state index contributed by atoms with van der Waals surface area (Å²) < 4.78 is 5.51. The number of nitrogens with zero attached hydrogens (tertiary/aromatic N) is 4. The number of guanidine groups is 1. The first-order valence-electron chi connectivity index (χ1n) is 12.6. The number of nitrogens with one attached hydrogen (secondary N) is 1. The molecule has 1 N–H and O–H groups in total. The Kier molecular flexibility index (Phi) is 7.43. The van der Waals surface area contributed by atoms with Gasteiger partial charge in [0.25, 0.3) is 0 Å². The quantitative estimate of drug-likeness (QED) is 0.401. The van der Waals surface area contributed by atoms with E-state index < -0.39 is 0 Å². The Bertz CT molecular complexity index is 894. The van der Waals surface area contributed by atoms with E-state index in [0.717, 1.165) is 83.3 Å². The smallest absolute Gasteiger partial charge is 0.194 e. The van der Waals surface area contributed by atoms with Crippen LogP contribution in [0.1, 0.15) is 30.6 Å². The van der Waals surface area contributed by atoms with Gasteiger partial charge in [0.1, 0.15) is 5.76 Å². The first-order chi connectivity index (χ1) is 16.3. The zero-order valence-electron chi connectivity index (χ0n) is 19.6. The molecule has 0 bridgehead atoms. The van der Waals surface area contributed by atoms with Crippen LogP contribution in [-0.2, 0) is 13.0 Å². The van der Waals surface area contributed by atoms with Gasteiger partial charge in [-0.2, -0.15) is 0 Å². The predicted molar refractivity (Wildman–Crippen MR) is 133 cm³/mol. The zero-order valence-corrected chi connectivity index (χ0v) is 19.6. The second kappa shape index (κ2) is 11.0. The number of aliphatic imine (C=N–C) groups is 1. The van der Waals surface area contributed by atoms with E-state index in [2.05, 4.69) is 62.5 Å². The van der Waals surface area contributed by atoms with E-state index in [9.17, 15) is 0 Å². The predicted octanol–water partition coefficient (Wildman–Crippen LogP) is 3.38. The molecular formula is C27H37N5O. The molecule has 1 atom stereocenters. The van der Waals surface area contributed by atoms with Crippen molar-refractivity contribution < 1.29 is 4.42 Å². The normalized spacial score (nSPS) is 23.0. The third-order valence-electron chi connectivity index (χ3n) is 7.20. The van der Waals surface area contributed by atoms with E-state index >= 15 is 0 Å². The molecule has 0 radical (unpaired) electrons. The van der Waals surface area contributed by atoms with Gasteiger partial charge in [-0.25, -0.2) is 0 Å². The molecule has 2 aromatic rings. The third-order valence-corrected chi connectivity index (χ3v) is 7.20. The molecule has 176 valence electrons. The van der Waals surface area contributed by atoms with Crippen molar-refractivity contribution >= 4 is 5.96 Å². The second-order valence-corrected chi connectivity index (χ2v) is 9.53. The van der Waals surface area contributed by atoms with E-state index in [1.54, 1.807) is 6.26 Å². The molecule has 33 heavy (non-hydrogen) atoms. The highest BCUT2D eigenvalue weighted by atomic mass is 16.3. The molecule has 4 heterocycles. The Morgan fingerprint density at radius 2 is 1.79 bits per heavy atom. The van der Waals surface area contributed by atoms with Gasteiger partial charge in [-0.1, -0.05) is 42.5 Å². The number of hydrogen-bond acceptors (Lipinski definition) is 4. The number of rotatable bonds is 7. The van der Waals surface area contributed by atoms with Crippen molar-refractivity contribution in [1.82, 2.24) is 20.0 Å². The number of likely N-dealkylation sites (tertiary alicyclic amines) is 2. The van der Waals surface area contributed by atoms with Gasteiger partial charge in [0, 0.05) is 70.9 Å². The summed E-state index contributed by atoms with van der Waals surface area (Å²) in [6.45, 7) is 8.42. The topological polar surface area (TPSA) is 47.2 Å². The van der Waals surface area contributed by atoms with Crippen molar-refractivity contribution in [1.29, 1.82) is 0 Å². The summed E-state index contributed by atoms with van der Waals surface area (Å²) in [5.41, 5.74) is 1.41. The molecule has 6 nitrogen and oxygen atoms in total. The maximum Gasteiger partial charge on any atom is 0.194 e. The summed E-state index contributed by atoms with van der Waals surface area (Å²) in [6, 6.07) is 15.9. The number of furan rings is 1. The fraction of sp³-hybridized carbons (Fsp3) is 0.519. The van der Waals surface area contributed by atoms with Gasteiger partial charge >= 0.3 is 0 Å². The van der Waals surface area contributed by atoms with E-state index in [1.165, 1.54) is 12.0 Å². The van der Waals surface area contributed by atoms with Gasteiger partial charge in [-0.3, -0.25) is 14.8 Å². The summed E-state index contributed by atoms with van der Waals surface area (Å²) in [7, 11) is 0. The van der Waals surface area contributed by atoms with E-state index in [4.69, 9.17) is 9.41 Å². The van der Waals surface area contributed by atoms with Crippen molar-refractivity contribution in [3.8, 4) is 0 Å². The van der Waals surface area contributed by atoms with Crippen LogP contribution >= 0.6 is 0 Å². The molecule has 2 saturated heterocycles. The Labute approximate surface area is 198 Å². The van der Waals surface area contributed by atoms with E-state index in [1.807, 2.05) is 12.1 Å². The minimum Gasteiger partial charge on any atom is -0.469 e. The molecule has 6 heteroatoms. The van der Waals surface area contributed by atoms with Crippen LogP contribution in [0.4, 0.5) is 0 Å². The highest BCUT2D eigenvalue weighted by Crippen LogP contribution is 2.19. The second-order valence-electron chi connectivity index (χ2n) is 9.53. The van der Waals surface area contributed by atoms with Crippen LogP contribution in [0, 0.1) is 0 Å². The van der Waals surface area contributed by atoms with Gasteiger partial charge in [0.2, 0.25) is 0 Å². The number of benzene rings is 1. The van der Waals surface area contributed by atoms with Crippen LogP contribution in [0.3, 0.4) is 0 Å². The minimum absolute atomic E-state index is 0.492. The lowest BCUT2D eigenvalue weighted by molar-refractivity contribution is 0.196. The maximum atomic E-state index is 5.51. The average molecular weight is 448 g/mol. The summed E-state index contributed by atoms with van der Waals surface area (Å²) in [4.78, 5) is 12.7. The van der Waals surface area contributed by atoms with Crippen molar-refractivity contribution in [2.45, 2.75) is 44.3 Å². The van der Waals surface area contributed by atoms with Gasteiger partial charge in [-0.15, -0.1) is 0 Å². The molecule has 0 aliphatic carbocycles. The molecule has 3 aliphatic rings. The SMILES string of the molecule is C1=CCN(C2CCN(C(=NCCc3ccco3)NC3CCN(Cc4ccccc4)CC3)C2)C1. The summed E-state index contributed by atoms with van der Waals surface area (Å²) in [5.74, 6) is 2.10. The lowest BCUT2D eigenvalue weighted by Crippen LogP contribution is -2.50. The van der Waals surface area contributed by atoms with E-state index in [0.29, 0.717) is 12.1 Å². The summed E-state index contributed by atoms with van der Waals surface area (Å²) >= 11 is 0. The van der Waals surface area contributed by atoms with Crippen molar-refractivity contribution in [2.24, 2.45) is 4.99 Å². The lowest BCUT2D eigenvalue weighted by Gasteiger charge is -2.34. The van der Waals surface area contributed by atoms with Crippen LogP contribution < -0.4 is 5.32 Å². The van der Waals surface area contributed by atoms with Crippen LogP contribution in [0.5, 0.6) is 0 Å². The number of piperidine rings is 1. The largest absolute Gasteiger partial charge is 0.469 e. The zero-order chi connectivity index (χ0) is 22.3. The molecule has 2 fully saturated rings. The van der Waals surface area contributed by atoms with Crippen LogP contribution in [0.25, 0.3) is 0 Å². The van der Waals surface area contributed by atoms with Crippen LogP contribution in [-0.4, -0.2) is 78.6 Å². The molecule has 1 aromatic carbocycles. The van der Waals surface area contributed by atoms with Crippen LogP contribution in [0.15, 0.2) is 70.3 Å². The fourth-order valence-electron chi connectivity index (χ4n) is 5.25. The third kappa shape index (κ3) is 6.06. The Balaban J connectivity index is 1.17. The summed E-state index contributed by atoms with van der Waals surface area (Å²) in [6.07, 6.45) is 10.7. The van der Waals surface area contributed by atoms with E-state index in [-0.39, 0.29) is 0 Å². The molecule has 0 amide bonds. The number of hydrogen-bond donors (Lipinski definition) is 1. The standard InChI is InChI=1S/C27H37N5O/c1-2-7-23(8-3-1)21-30-17-11-24(12-18-30)29-27(28-14-10-26-9-6-20-33-26)32-19-13-25(22-32)31-15-4-5-16-31/h1-9,20,24-25H,10-19,21-22H2,(H,28,29). The molecule has 5 rings (SSSR count). The Morgan fingerprint density at radius 1 is 0.970 bits per heavy atom. The molecule has 0 saturated carbocycles. The molecule has 0 spiro atoms. The molecule has 3 aliphatic heterocycles. The highest BCUT2D eigenvalue weighted by molar-refractivity contribution is 5.80. The lowest BCUT2D eigenvalue weighted by atomic mass is 10.0. The molecular weight excluding hydrogens is 410 g/mol. The molecule has 1 aromatic heterocycles. The van der Waals surface area contributed by atoms with Crippen LogP contribution in [0.2, 0.25) is 0 Å². The van der Waals surface area contributed by atoms with Gasteiger partial charge in [-0.05, 0) is 37.0 Å². The molecule has 1 unspecified atom stereocenters. The fourth-order valence-corrected chi connectivity index (χ4v) is 5.25. The monoisotopic (exact) mass is 447 g/mol. The van der Waals surface area contributed by atoms with Crippen molar-refractivity contribution in [3.63, 3.8) is 0 Å². The minimum atomic E-state index is 0.492. The summed E-state index contributed by atoms with van der Waals surface area (Å²) in [5, 5.41) is 3.86. The Hall–Kier alpha value is -2.57.